The molecule has 1 amide bonds. The van der Waals surface area contributed by atoms with Gasteiger partial charge < -0.3 is 5.32 Å². The van der Waals surface area contributed by atoms with Crippen LogP contribution in [-0.4, -0.2) is 31.1 Å². The molecule has 0 bridgehead atoms. The molecule has 0 fully saturated rings. The molecular formula is C7H4Br2N6O. The van der Waals surface area contributed by atoms with Gasteiger partial charge in [-0.05, 0) is 31.9 Å². The molecule has 0 saturated heterocycles. The van der Waals surface area contributed by atoms with E-state index in [0.717, 1.165) is 0 Å². The number of rotatable bonds is 2. The molecule has 2 N–H and O–H groups in total. The number of anilines is 1. The second kappa shape index (κ2) is 4.66. The summed E-state index contributed by atoms with van der Waals surface area (Å²) in [6, 6.07) is 0. The molecule has 0 aromatic carbocycles. The molecule has 0 radical (unpaired) electrons. The van der Waals surface area contributed by atoms with Gasteiger partial charge in [0.1, 0.15) is 15.5 Å². The summed E-state index contributed by atoms with van der Waals surface area (Å²) in [5.74, 6) is -0.0176. The molecule has 9 heteroatoms. The Bertz CT molecular complexity index is 514. The minimum absolute atomic E-state index is 0.108. The van der Waals surface area contributed by atoms with Crippen molar-refractivity contribution in [1.82, 2.24) is 25.1 Å². The van der Waals surface area contributed by atoms with Gasteiger partial charge in [0.15, 0.2) is 5.82 Å². The summed E-state index contributed by atoms with van der Waals surface area (Å²) in [4.78, 5) is 23.3. The maximum atomic E-state index is 11.6. The van der Waals surface area contributed by atoms with Gasteiger partial charge in [0.05, 0.1) is 6.20 Å². The first kappa shape index (κ1) is 11.1. The Balaban J connectivity index is 2.18. The number of aromatic nitrogens is 5. The SMILES string of the molecule is O=C(Nc1ncc(Br)nc1Br)c1ncn[nH]1. The van der Waals surface area contributed by atoms with Gasteiger partial charge >= 0.3 is 0 Å². The number of nitrogens with zero attached hydrogens (tertiary/aromatic N) is 4. The molecule has 0 spiro atoms. The lowest BCUT2D eigenvalue weighted by Crippen LogP contribution is -2.15. The van der Waals surface area contributed by atoms with Crippen LogP contribution in [0.25, 0.3) is 0 Å². The van der Waals surface area contributed by atoms with Gasteiger partial charge in [-0.25, -0.2) is 15.0 Å². The number of hydrogen-bond acceptors (Lipinski definition) is 5. The van der Waals surface area contributed by atoms with Crippen LogP contribution in [0.4, 0.5) is 5.82 Å². The van der Waals surface area contributed by atoms with E-state index in [1.807, 2.05) is 0 Å². The second-order valence-corrected chi connectivity index (χ2v) is 4.18. The third-order valence-corrected chi connectivity index (χ3v) is 2.50. The molecule has 0 aliphatic carbocycles. The molecule has 16 heavy (non-hydrogen) atoms. The third-order valence-electron chi connectivity index (χ3n) is 1.56. The zero-order valence-electron chi connectivity index (χ0n) is 7.61. The normalized spacial score (nSPS) is 10.1. The highest BCUT2D eigenvalue weighted by Gasteiger charge is 2.12. The first-order valence-corrected chi connectivity index (χ1v) is 5.60. The van der Waals surface area contributed by atoms with E-state index < -0.39 is 5.91 Å². The van der Waals surface area contributed by atoms with Gasteiger partial charge in [-0.2, -0.15) is 5.10 Å². The van der Waals surface area contributed by atoms with Crippen molar-refractivity contribution in [3.05, 3.63) is 27.6 Å². The number of carbonyl (C=O) groups excluding carboxylic acids is 1. The molecular weight excluding hydrogens is 344 g/mol. The van der Waals surface area contributed by atoms with Crippen molar-refractivity contribution in [2.45, 2.75) is 0 Å². The number of aromatic amines is 1. The van der Waals surface area contributed by atoms with Gasteiger partial charge in [0, 0.05) is 0 Å². The van der Waals surface area contributed by atoms with Crippen LogP contribution in [0, 0.1) is 0 Å². The van der Waals surface area contributed by atoms with E-state index in [-0.39, 0.29) is 5.82 Å². The highest BCUT2D eigenvalue weighted by molar-refractivity contribution is 9.11. The molecule has 2 heterocycles. The maximum Gasteiger partial charge on any atom is 0.294 e. The van der Waals surface area contributed by atoms with E-state index in [1.165, 1.54) is 12.5 Å². The molecule has 0 aliphatic heterocycles. The molecule has 2 aromatic heterocycles. The summed E-state index contributed by atoms with van der Waals surface area (Å²) < 4.78 is 0.992. The van der Waals surface area contributed by atoms with Crippen LogP contribution in [0.1, 0.15) is 10.6 Å². The Morgan fingerprint density at radius 3 is 2.81 bits per heavy atom. The van der Waals surface area contributed by atoms with Crippen molar-refractivity contribution in [2.24, 2.45) is 0 Å². The summed E-state index contributed by atoms with van der Waals surface area (Å²) in [6.07, 6.45) is 2.72. The standard InChI is InChI=1S/C7H4Br2N6O/c8-3-1-10-5(4(9)13-3)14-7(16)6-11-2-12-15-6/h1-2H,(H,10,14,16)(H,11,12,15). The van der Waals surface area contributed by atoms with Gasteiger partial charge in [0.25, 0.3) is 5.91 Å². The summed E-state index contributed by atoms with van der Waals surface area (Å²) >= 11 is 6.33. The quantitative estimate of drug-likeness (QED) is 0.855. The highest BCUT2D eigenvalue weighted by Crippen LogP contribution is 2.19. The number of amides is 1. The Kier molecular flexibility index (Phi) is 3.25. The van der Waals surface area contributed by atoms with E-state index in [1.54, 1.807) is 0 Å². The van der Waals surface area contributed by atoms with Gasteiger partial charge in [-0.15, -0.1) is 0 Å². The fourth-order valence-corrected chi connectivity index (χ4v) is 1.82. The zero-order valence-corrected chi connectivity index (χ0v) is 10.8. The average Bonchev–Trinajstić information content (AvgIpc) is 2.75. The van der Waals surface area contributed by atoms with Gasteiger partial charge in [0.2, 0.25) is 5.82 Å². The molecule has 82 valence electrons. The number of nitrogens with one attached hydrogen (secondary N) is 2. The number of carbonyl (C=O) groups is 1. The Morgan fingerprint density at radius 1 is 1.38 bits per heavy atom. The Morgan fingerprint density at radius 2 is 2.19 bits per heavy atom. The van der Waals surface area contributed by atoms with Gasteiger partial charge in [-0.3, -0.25) is 9.89 Å². The van der Waals surface area contributed by atoms with E-state index in [2.05, 4.69) is 62.3 Å². The summed E-state index contributed by atoms with van der Waals surface area (Å²) in [5.41, 5.74) is 0. The van der Waals surface area contributed by atoms with Crippen molar-refractivity contribution in [3.8, 4) is 0 Å². The summed E-state index contributed by atoms with van der Waals surface area (Å²) in [7, 11) is 0. The monoisotopic (exact) mass is 346 g/mol. The molecule has 2 rings (SSSR count). The van der Waals surface area contributed by atoms with E-state index in [0.29, 0.717) is 15.0 Å². The largest absolute Gasteiger partial charge is 0.302 e. The predicted octanol–water partition coefficient (Wildman–Crippen LogP) is 1.37. The molecule has 0 unspecified atom stereocenters. The first-order valence-electron chi connectivity index (χ1n) is 4.01. The van der Waals surface area contributed by atoms with Crippen molar-refractivity contribution >= 4 is 43.6 Å². The van der Waals surface area contributed by atoms with Crippen LogP contribution in [0.5, 0.6) is 0 Å². The van der Waals surface area contributed by atoms with Crippen molar-refractivity contribution in [2.75, 3.05) is 5.32 Å². The number of hydrogen-bond donors (Lipinski definition) is 2. The van der Waals surface area contributed by atoms with Crippen molar-refractivity contribution in [1.29, 1.82) is 0 Å². The lowest BCUT2D eigenvalue weighted by atomic mass is 10.5. The third kappa shape index (κ3) is 2.42. The minimum atomic E-state index is -0.435. The van der Waals surface area contributed by atoms with E-state index in [4.69, 9.17) is 0 Å². The van der Waals surface area contributed by atoms with Crippen LogP contribution < -0.4 is 5.32 Å². The molecule has 0 aliphatic rings. The first-order chi connectivity index (χ1) is 7.66. The predicted molar refractivity (Wildman–Crippen MR) is 61.8 cm³/mol. The summed E-state index contributed by atoms with van der Waals surface area (Å²) in [6.45, 7) is 0. The van der Waals surface area contributed by atoms with Crippen LogP contribution in [-0.2, 0) is 0 Å². The van der Waals surface area contributed by atoms with E-state index >= 15 is 0 Å². The number of halogens is 2. The van der Waals surface area contributed by atoms with Gasteiger partial charge in [-0.1, -0.05) is 0 Å². The Hall–Kier alpha value is -1.35. The topological polar surface area (TPSA) is 96.5 Å². The highest BCUT2D eigenvalue weighted by atomic mass is 79.9. The van der Waals surface area contributed by atoms with Crippen molar-refractivity contribution in [3.63, 3.8) is 0 Å². The molecule has 2 aromatic rings. The van der Waals surface area contributed by atoms with Crippen LogP contribution in [0.2, 0.25) is 0 Å². The fourth-order valence-electron chi connectivity index (χ4n) is 0.912. The molecule has 7 nitrogen and oxygen atoms in total. The van der Waals surface area contributed by atoms with Crippen LogP contribution in [0.15, 0.2) is 21.7 Å². The maximum absolute atomic E-state index is 11.6. The van der Waals surface area contributed by atoms with Crippen LogP contribution in [0.3, 0.4) is 0 Å². The van der Waals surface area contributed by atoms with Crippen LogP contribution >= 0.6 is 31.9 Å². The fraction of sp³-hybridized carbons (Fsp3) is 0. The van der Waals surface area contributed by atoms with E-state index in [9.17, 15) is 4.79 Å². The lowest BCUT2D eigenvalue weighted by molar-refractivity contribution is 0.101. The Labute approximate surface area is 106 Å². The molecule has 0 atom stereocenters. The lowest BCUT2D eigenvalue weighted by Gasteiger charge is -2.03. The second-order valence-electron chi connectivity index (χ2n) is 2.62. The smallest absolute Gasteiger partial charge is 0.294 e. The van der Waals surface area contributed by atoms with Crippen molar-refractivity contribution < 1.29 is 4.79 Å². The molecule has 0 saturated carbocycles. The minimum Gasteiger partial charge on any atom is -0.302 e. The number of H-pyrrole nitrogens is 1. The average molecular weight is 348 g/mol. The summed E-state index contributed by atoms with van der Waals surface area (Å²) in [5, 5.41) is 8.54. The zero-order chi connectivity index (χ0) is 11.5.